The lowest BCUT2D eigenvalue weighted by atomic mass is 10.3. The summed E-state index contributed by atoms with van der Waals surface area (Å²) in [6.07, 6.45) is 5.48. The third kappa shape index (κ3) is 2.91. The van der Waals surface area contributed by atoms with Crippen LogP contribution in [-0.2, 0) is 6.54 Å². The first-order chi connectivity index (χ1) is 8.76. The van der Waals surface area contributed by atoms with E-state index in [1.807, 2.05) is 6.07 Å². The fraction of sp³-hybridized carbons (Fsp3) is 0.615. The highest BCUT2D eigenvalue weighted by molar-refractivity contribution is 7.14. The summed E-state index contributed by atoms with van der Waals surface area (Å²) >= 11 is 1.55. The maximum atomic E-state index is 11.4. The van der Waals surface area contributed by atoms with Crippen LogP contribution in [0.15, 0.2) is 12.1 Å². The number of thiophene rings is 1. The average molecular weight is 265 g/mol. The van der Waals surface area contributed by atoms with Crippen molar-refractivity contribution in [2.75, 3.05) is 6.54 Å². The normalized spacial score (nSPS) is 19.2. The Balaban J connectivity index is 1.62. The fourth-order valence-electron chi connectivity index (χ4n) is 2.27. The van der Waals surface area contributed by atoms with Gasteiger partial charge in [0.15, 0.2) is 0 Å². The standard InChI is InChI=1S/C13H19N3OS/c14-15-13(17)12-6-5-11(18-12)8-16(10-3-4-10)7-9-1-2-9/h5-6,9-10H,1-4,7-8,14H2,(H,15,17). The zero-order valence-corrected chi connectivity index (χ0v) is 11.2. The van der Waals surface area contributed by atoms with Crippen LogP contribution < -0.4 is 11.3 Å². The van der Waals surface area contributed by atoms with Gasteiger partial charge in [-0.15, -0.1) is 11.3 Å². The van der Waals surface area contributed by atoms with Crippen LogP contribution in [0.25, 0.3) is 0 Å². The van der Waals surface area contributed by atoms with Crippen molar-refractivity contribution in [2.45, 2.75) is 38.3 Å². The van der Waals surface area contributed by atoms with Crippen molar-refractivity contribution in [3.63, 3.8) is 0 Å². The molecule has 0 spiro atoms. The van der Waals surface area contributed by atoms with Crippen LogP contribution >= 0.6 is 11.3 Å². The lowest BCUT2D eigenvalue weighted by Gasteiger charge is -2.20. The molecule has 0 aliphatic heterocycles. The van der Waals surface area contributed by atoms with Gasteiger partial charge in [-0.2, -0.15) is 0 Å². The molecule has 0 saturated heterocycles. The molecule has 1 aromatic heterocycles. The van der Waals surface area contributed by atoms with Gasteiger partial charge in [-0.05, 0) is 43.7 Å². The molecule has 4 nitrogen and oxygen atoms in total. The summed E-state index contributed by atoms with van der Waals surface area (Å²) < 4.78 is 0. The molecule has 0 atom stereocenters. The Hall–Kier alpha value is -0.910. The summed E-state index contributed by atoms with van der Waals surface area (Å²) in [7, 11) is 0. The highest BCUT2D eigenvalue weighted by Gasteiger charge is 2.33. The Kier molecular flexibility index (Phi) is 3.37. The number of carbonyl (C=O) groups is 1. The molecule has 2 saturated carbocycles. The van der Waals surface area contributed by atoms with Gasteiger partial charge < -0.3 is 0 Å². The van der Waals surface area contributed by atoms with Gasteiger partial charge in [-0.25, -0.2) is 5.84 Å². The van der Waals surface area contributed by atoms with Crippen LogP contribution in [0.4, 0.5) is 0 Å². The van der Waals surface area contributed by atoms with E-state index >= 15 is 0 Å². The molecule has 2 aliphatic carbocycles. The van der Waals surface area contributed by atoms with Crippen molar-refractivity contribution in [3.05, 3.63) is 21.9 Å². The van der Waals surface area contributed by atoms with Crippen LogP contribution in [0.5, 0.6) is 0 Å². The third-order valence-electron chi connectivity index (χ3n) is 3.63. The molecule has 1 amide bonds. The van der Waals surface area contributed by atoms with Crippen molar-refractivity contribution in [1.82, 2.24) is 10.3 Å². The van der Waals surface area contributed by atoms with Gasteiger partial charge >= 0.3 is 0 Å². The molecule has 0 radical (unpaired) electrons. The van der Waals surface area contributed by atoms with Gasteiger partial charge in [0.25, 0.3) is 5.91 Å². The van der Waals surface area contributed by atoms with E-state index in [0.29, 0.717) is 4.88 Å². The lowest BCUT2D eigenvalue weighted by molar-refractivity contribution is 0.0957. The van der Waals surface area contributed by atoms with Crippen LogP contribution in [0.3, 0.4) is 0 Å². The van der Waals surface area contributed by atoms with Gasteiger partial charge in [-0.1, -0.05) is 0 Å². The highest BCUT2D eigenvalue weighted by atomic mass is 32.1. The number of nitrogen functional groups attached to an aromatic ring is 1. The molecule has 0 unspecified atom stereocenters. The molecule has 2 fully saturated rings. The molecule has 98 valence electrons. The summed E-state index contributed by atoms with van der Waals surface area (Å²) in [5.74, 6) is 5.88. The van der Waals surface area contributed by atoms with Crippen molar-refractivity contribution < 1.29 is 4.79 Å². The summed E-state index contributed by atoms with van der Waals surface area (Å²) in [4.78, 5) is 16.0. The minimum atomic E-state index is -0.189. The summed E-state index contributed by atoms with van der Waals surface area (Å²) in [5.41, 5.74) is 2.18. The molecule has 1 aromatic rings. The van der Waals surface area contributed by atoms with Gasteiger partial charge in [0.05, 0.1) is 4.88 Å². The van der Waals surface area contributed by atoms with Crippen LogP contribution in [0, 0.1) is 5.92 Å². The quantitative estimate of drug-likeness (QED) is 0.468. The van der Waals surface area contributed by atoms with Crippen molar-refractivity contribution in [2.24, 2.45) is 11.8 Å². The Labute approximate surface area is 111 Å². The van der Waals surface area contributed by atoms with Crippen molar-refractivity contribution in [3.8, 4) is 0 Å². The molecule has 3 rings (SSSR count). The first kappa shape index (κ1) is 12.1. The second-order valence-corrected chi connectivity index (χ2v) is 6.51. The second-order valence-electron chi connectivity index (χ2n) is 5.34. The average Bonchev–Trinajstić information content (AvgIpc) is 3.27. The molecule has 5 heteroatoms. The minimum absolute atomic E-state index is 0.189. The fourth-order valence-corrected chi connectivity index (χ4v) is 3.21. The predicted molar refractivity (Wildman–Crippen MR) is 72.1 cm³/mol. The third-order valence-corrected chi connectivity index (χ3v) is 4.70. The number of rotatable bonds is 6. The second kappa shape index (κ2) is 4.99. The van der Waals surface area contributed by atoms with Crippen LogP contribution in [-0.4, -0.2) is 23.4 Å². The SMILES string of the molecule is NNC(=O)c1ccc(CN(CC2CC2)C2CC2)s1. The molecular formula is C13H19N3OS. The van der Waals surface area contributed by atoms with E-state index in [2.05, 4.69) is 16.4 Å². The Bertz CT molecular complexity index is 437. The van der Waals surface area contributed by atoms with E-state index in [-0.39, 0.29) is 5.91 Å². The Morgan fingerprint density at radius 3 is 2.78 bits per heavy atom. The number of nitrogens with zero attached hydrogens (tertiary/aromatic N) is 1. The Morgan fingerprint density at radius 2 is 2.17 bits per heavy atom. The molecular weight excluding hydrogens is 246 g/mol. The van der Waals surface area contributed by atoms with Gasteiger partial charge in [0, 0.05) is 24.0 Å². The van der Waals surface area contributed by atoms with Crippen molar-refractivity contribution >= 4 is 17.2 Å². The molecule has 18 heavy (non-hydrogen) atoms. The number of hydrogen-bond acceptors (Lipinski definition) is 4. The zero-order chi connectivity index (χ0) is 12.5. The van der Waals surface area contributed by atoms with E-state index in [9.17, 15) is 4.79 Å². The molecule has 1 heterocycles. The number of amides is 1. The first-order valence-electron chi connectivity index (χ1n) is 6.60. The van der Waals surface area contributed by atoms with E-state index < -0.39 is 0 Å². The first-order valence-corrected chi connectivity index (χ1v) is 7.41. The maximum absolute atomic E-state index is 11.4. The molecule has 3 N–H and O–H groups in total. The maximum Gasteiger partial charge on any atom is 0.275 e. The van der Waals surface area contributed by atoms with Gasteiger partial charge in [0.2, 0.25) is 0 Å². The smallest absolute Gasteiger partial charge is 0.275 e. The van der Waals surface area contributed by atoms with Gasteiger partial charge in [-0.3, -0.25) is 15.1 Å². The Morgan fingerprint density at radius 1 is 1.39 bits per heavy atom. The lowest BCUT2D eigenvalue weighted by Crippen LogP contribution is -2.29. The van der Waals surface area contributed by atoms with Crippen molar-refractivity contribution in [1.29, 1.82) is 0 Å². The number of nitrogens with two attached hydrogens (primary N) is 1. The van der Waals surface area contributed by atoms with E-state index in [1.54, 1.807) is 11.3 Å². The van der Waals surface area contributed by atoms with Gasteiger partial charge in [0.1, 0.15) is 0 Å². The summed E-state index contributed by atoms with van der Waals surface area (Å²) in [6.45, 7) is 2.23. The molecule has 0 aromatic carbocycles. The van der Waals surface area contributed by atoms with E-state index in [0.717, 1.165) is 18.5 Å². The number of nitrogens with one attached hydrogen (secondary N) is 1. The number of hydrazine groups is 1. The van der Waals surface area contributed by atoms with E-state index in [4.69, 9.17) is 5.84 Å². The van der Waals surface area contributed by atoms with Crippen LogP contribution in [0.1, 0.15) is 40.2 Å². The molecule has 2 aliphatic rings. The summed E-state index contributed by atoms with van der Waals surface area (Å²) in [5, 5.41) is 0. The topological polar surface area (TPSA) is 58.4 Å². The minimum Gasteiger partial charge on any atom is -0.295 e. The number of hydrogen-bond donors (Lipinski definition) is 2. The largest absolute Gasteiger partial charge is 0.295 e. The highest BCUT2D eigenvalue weighted by Crippen LogP contribution is 2.36. The zero-order valence-electron chi connectivity index (χ0n) is 10.4. The number of carbonyl (C=O) groups excluding carboxylic acids is 1. The predicted octanol–water partition coefficient (Wildman–Crippen LogP) is 1.73. The van der Waals surface area contributed by atoms with Crippen LogP contribution in [0.2, 0.25) is 0 Å². The monoisotopic (exact) mass is 265 g/mol. The summed E-state index contributed by atoms with van der Waals surface area (Å²) in [6, 6.07) is 4.71. The van der Waals surface area contributed by atoms with E-state index in [1.165, 1.54) is 37.1 Å². The molecule has 0 bridgehead atoms.